The Hall–Kier alpha value is -1.16. The first-order valence-corrected chi connectivity index (χ1v) is 4.88. The Bertz CT molecular complexity index is 417. The number of hydrogen-bond acceptors (Lipinski definition) is 3. The molecule has 0 fully saturated rings. The summed E-state index contributed by atoms with van der Waals surface area (Å²) in [6.45, 7) is 0. The largest absolute Gasteiger partial charge is 0.434 e. The highest BCUT2D eigenvalue weighted by Crippen LogP contribution is 2.15. The second-order valence-electron chi connectivity index (χ2n) is 2.54. The van der Waals surface area contributed by atoms with Gasteiger partial charge in [-0.25, -0.2) is 4.98 Å². The second-order valence-corrected chi connectivity index (χ2v) is 3.10. The molecule has 3 nitrogen and oxygen atoms in total. The number of aromatic nitrogens is 1. The van der Waals surface area contributed by atoms with Crippen LogP contribution in [0.1, 0.15) is 10.7 Å². The van der Waals surface area contributed by atoms with Crippen LogP contribution in [-0.4, -0.2) is 16.1 Å². The fourth-order valence-electron chi connectivity index (χ4n) is 1.05. The van der Waals surface area contributed by atoms with E-state index in [1.165, 1.54) is 0 Å². The van der Waals surface area contributed by atoms with E-state index in [1.54, 1.807) is 6.07 Å². The number of fused-ring (bicyclic) bond motifs is 1. The molecule has 0 bridgehead atoms. The molecule has 0 atom stereocenters. The van der Waals surface area contributed by atoms with E-state index in [-0.39, 0.29) is 17.0 Å². The van der Waals surface area contributed by atoms with Crippen molar-refractivity contribution in [2.75, 3.05) is 5.33 Å². The number of Topliss-reactive ketones (excluding diaryl/α,β-unsaturated/α-hetero) is 1. The number of benzene rings is 1. The molecule has 66 valence electrons. The van der Waals surface area contributed by atoms with Crippen molar-refractivity contribution < 1.29 is 9.21 Å². The summed E-state index contributed by atoms with van der Waals surface area (Å²) in [6, 6.07) is 7.29. The maximum atomic E-state index is 11.2. The maximum Gasteiger partial charge on any atom is 0.265 e. The van der Waals surface area contributed by atoms with E-state index in [9.17, 15) is 4.79 Å². The number of carbonyl (C=O) groups is 1. The first kappa shape index (κ1) is 8.44. The highest BCUT2D eigenvalue weighted by molar-refractivity contribution is 9.09. The summed E-state index contributed by atoms with van der Waals surface area (Å²) in [4.78, 5) is 15.2. The van der Waals surface area contributed by atoms with Gasteiger partial charge in [-0.3, -0.25) is 4.79 Å². The van der Waals surface area contributed by atoms with Crippen LogP contribution >= 0.6 is 15.9 Å². The van der Waals surface area contributed by atoms with Gasteiger partial charge in [-0.15, -0.1) is 0 Å². The maximum absolute atomic E-state index is 11.2. The Kier molecular flexibility index (Phi) is 2.14. The van der Waals surface area contributed by atoms with Crippen molar-refractivity contribution in [3.8, 4) is 0 Å². The van der Waals surface area contributed by atoms with E-state index in [2.05, 4.69) is 20.9 Å². The number of hydrogen-bond donors (Lipinski definition) is 0. The van der Waals surface area contributed by atoms with E-state index in [0.717, 1.165) is 0 Å². The molecular weight excluding hydrogens is 234 g/mol. The number of oxazole rings is 1. The van der Waals surface area contributed by atoms with Crippen molar-refractivity contribution in [2.24, 2.45) is 0 Å². The van der Waals surface area contributed by atoms with Gasteiger partial charge < -0.3 is 4.42 Å². The van der Waals surface area contributed by atoms with Crippen molar-refractivity contribution >= 4 is 32.8 Å². The van der Waals surface area contributed by atoms with Crippen LogP contribution in [0.5, 0.6) is 0 Å². The SMILES string of the molecule is O=C(CBr)c1nc2ccccc2o1. The molecule has 0 saturated heterocycles. The molecule has 0 radical (unpaired) electrons. The molecule has 0 aliphatic heterocycles. The molecule has 1 aromatic carbocycles. The van der Waals surface area contributed by atoms with Crippen LogP contribution in [0.4, 0.5) is 0 Å². The van der Waals surface area contributed by atoms with Crippen molar-refractivity contribution in [2.45, 2.75) is 0 Å². The van der Waals surface area contributed by atoms with Crippen LogP contribution in [0.2, 0.25) is 0 Å². The zero-order valence-corrected chi connectivity index (χ0v) is 8.24. The van der Waals surface area contributed by atoms with Crippen LogP contribution in [0, 0.1) is 0 Å². The zero-order valence-electron chi connectivity index (χ0n) is 6.66. The van der Waals surface area contributed by atoms with Gasteiger partial charge in [0.1, 0.15) is 5.52 Å². The Balaban J connectivity index is 2.56. The van der Waals surface area contributed by atoms with Gasteiger partial charge in [0.25, 0.3) is 5.89 Å². The Labute approximate surface area is 82.9 Å². The molecule has 0 unspecified atom stereocenters. The molecule has 0 aliphatic rings. The quantitative estimate of drug-likeness (QED) is 0.597. The monoisotopic (exact) mass is 239 g/mol. The van der Waals surface area contributed by atoms with E-state index in [0.29, 0.717) is 11.1 Å². The van der Waals surface area contributed by atoms with Crippen LogP contribution in [0.25, 0.3) is 11.1 Å². The number of rotatable bonds is 2. The average Bonchev–Trinajstić information content (AvgIpc) is 2.59. The molecule has 0 amide bonds. The van der Waals surface area contributed by atoms with E-state index in [1.807, 2.05) is 18.2 Å². The topological polar surface area (TPSA) is 43.1 Å². The lowest BCUT2D eigenvalue weighted by Crippen LogP contribution is -1.99. The summed E-state index contributed by atoms with van der Waals surface area (Å²) in [7, 11) is 0. The molecule has 4 heteroatoms. The lowest BCUT2D eigenvalue weighted by molar-refractivity contribution is 0.0989. The molecule has 2 aromatic rings. The molecule has 0 saturated carbocycles. The van der Waals surface area contributed by atoms with Gasteiger partial charge in [0.15, 0.2) is 5.58 Å². The fraction of sp³-hybridized carbons (Fsp3) is 0.111. The minimum Gasteiger partial charge on any atom is -0.434 e. The van der Waals surface area contributed by atoms with Crippen molar-refractivity contribution in [3.63, 3.8) is 0 Å². The fourth-order valence-corrected chi connectivity index (χ4v) is 1.29. The minimum atomic E-state index is -0.142. The molecule has 0 aliphatic carbocycles. The number of carbonyl (C=O) groups excluding carboxylic acids is 1. The Morgan fingerprint density at radius 2 is 2.23 bits per heavy atom. The van der Waals surface area contributed by atoms with Crippen molar-refractivity contribution in [1.29, 1.82) is 0 Å². The smallest absolute Gasteiger partial charge is 0.265 e. The minimum absolute atomic E-state index is 0.142. The van der Waals surface area contributed by atoms with E-state index in [4.69, 9.17) is 4.42 Å². The molecular formula is C9H6BrNO2. The van der Waals surface area contributed by atoms with Gasteiger partial charge >= 0.3 is 0 Å². The van der Waals surface area contributed by atoms with Gasteiger partial charge in [0.2, 0.25) is 5.78 Å². The van der Waals surface area contributed by atoms with Crippen LogP contribution in [0.3, 0.4) is 0 Å². The summed E-state index contributed by atoms with van der Waals surface area (Å²) in [5.41, 5.74) is 1.36. The molecule has 1 aromatic heterocycles. The summed E-state index contributed by atoms with van der Waals surface area (Å²) in [5, 5.41) is 0.236. The van der Waals surface area contributed by atoms with Crippen LogP contribution in [0.15, 0.2) is 28.7 Å². The van der Waals surface area contributed by atoms with Gasteiger partial charge in [0, 0.05) is 0 Å². The number of alkyl halides is 1. The second kappa shape index (κ2) is 3.30. The number of nitrogens with zero attached hydrogens (tertiary/aromatic N) is 1. The summed E-state index contributed by atoms with van der Waals surface area (Å²) in [6.07, 6.45) is 0. The molecule has 13 heavy (non-hydrogen) atoms. The Morgan fingerprint density at radius 1 is 1.46 bits per heavy atom. The molecule has 0 spiro atoms. The summed E-state index contributed by atoms with van der Waals surface area (Å²) in [5.74, 6) is 0.0225. The lowest BCUT2D eigenvalue weighted by Gasteiger charge is -1.84. The highest BCUT2D eigenvalue weighted by atomic mass is 79.9. The van der Waals surface area contributed by atoms with Gasteiger partial charge in [-0.1, -0.05) is 28.1 Å². The van der Waals surface area contributed by atoms with Gasteiger partial charge in [0.05, 0.1) is 5.33 Å². The van der Waals surface area contributed by atoms with Gasteiger partial charge in [-0.05, 0) is 12.1 Å². The third-order valence-electron chi connectivity index (χ3n) is 1.65. The summed E-state index contributed by atoms with van der Waals surface area (Å²) < 4.78 is 5.23. The number of ketones is 1. The van der Waals surface area contributed by atoms with Gasteiger partial charge in [-0.2, -0.15) is 0 Å². The number of para-hydroxylation sites is 2. The van der Waals surface area contributed by atoms with E-state index >= 15 is 0 Å². The lowest BCUT2D eigenvalue weighted by atomic mass is 10.3. The number of halogens is 1. The average molecular weight is 240 g/mol. The normalized spacial score (nSPS) is 10.5. The zero-order chi connectivity index (χ0) is 9.26. The first-order valence-electron chi connectivity index (χ1n) is 3.76. The predicted molar refractivity (Wildman–Crippen MR) is 52.1 cm³/mol. The molecule has 0 N–H and O–H groups in total. The standard InChI is InChI=1S/C9H6BrNO2/c10-5-7(12)9-11-6-3-1-2-4-8(6)13-9/h1-4H,5H2. The molecule has 2 rings (SSSR count). The predicted octanol–water partition coefficient (Wildman–Crippen LogP) is 2.41. The first-order chi connectivity index (χ1) is 6.31. The third-order valence-corrected chi connectivity index (χ3v) is 2.16. The van der Waals surface area contributed by atoms with Crippen LogP contribution in [-0.2, 0) is 0 Å². The molecule has 1 heterocycles. The summed E-state index contributed by atoms with van der Waals surface area (Å²) >= 11 is 3.06. The third kappa shape index (κ3) is 1.49. The van der Waals surface area contributed by atoms with E-state index < -0.39 is 0 Å². The van der Waals surface area contributed by atoms with Crippen molar-refractivity contribution in [3.05, 3.63) is 30.2 Å². The van der Waals surface area contributed by atoms with Crippen molar-refractivity contribution in [1.82, 2.24) is 4.98 Å². The Morgan fingerprint density at radius 3 is 2.92 bits per heavy atom. The highest BCUT2D eigenvalue weighted by Gasteiger charge is 2.11. The van der Waals surface area contributed by atoms with Crippen LogP contribution < -0.4 is 0 Å².